The van der Waals surface area contributed by atoms with Crippen LogP contribution in [0.4, 0.5) is 0 Å². The Morgan fingerprint density at radius 3 is 2.33 bits per heavy atom. The molecule has 2 aliphatic rings. The van der Waals surface area contributed by atoms with Crippen molar-refractivity contribution in [1.82, 2.24) is 5.32 Å². The third-order valence-electron chi connectivity index (χ3n) is 4.59. The van der Waals surface area contributed by atoms with Gasteiger partial charge < -0.3 is 10.4 Å². The Hall–Kier alpha value is -1.06. The van der Waals surface area contributed by atoms with Gasteiger partial charge in [-0.3, -0.25) is 9.59 Å². The lowest BCUT2D eigenvalue weighted by atomic mass is 9.85. The highest BCUT2D eigenvalue weighted by molar-refractivity contribution is 5.81. The van der Waals surface area contributed by atoms with E-state index in [1.807, 2.05) is 0 Å². The number of carbonyl (C=O) groups is 2. The van der Waals surface area contributed by atoms with Gasteiger partial charge >= 0.3 is 5.97 Å². The molecule has 1 amide bonds. The van der Waals surface area contributed by atoms with E-state index in [2.05, 4.69) is 12.2 Å². The van der Waals surface area contributed by atoms with Crippen molar-refractivity contribution in [3.05, 3.63) is 0 Å². The van der Waals surface area contributed by atoms with Gasteiger partial charge in [0.15, 0.2) is 0 Å². The first-order chi connectivity index (χ1) is 8.58. The molecule has 2 unspecified atom stereocenters. The maximum Gasteiger partial charge on any atom is 0.306 e. The first kappa shape index (κ1) is 13.4. The van der Waals surface area contributed by atoms with E-state index in [1.165, 1.54) is 19.3 Å². The fourth-order valence-electron chi connectivity index (χ4n) is 3.28. The van der Waals surface area contributed by atoms with Crippen molar-refractivity contribution in [2.45, 2.75) is 57.9 Å². The van der Waals surface area contributed by atoms with Crippen LogP contribution in [0.1, 0.15) is 51.9 Å². The molecule has 0 radical (unpaired) electrons. The third-order valence-corrected chi connectivity index (χ3v) is 4.59. The summed E-state index contributed by atoms with van der Waals surface area (Å²) in [5.41, 5.74) is 0. The predicted octanol–water partition coefficient (Wildman–Crippen LogP) is 2.18. The van der Waals surface area contributed by atoms with Gasteiger partial charge in [-0.2, -0.15) is 0 Å². The summed E-state index contributed by atoms with van der Waals surface area (Å²) in [4.78, 5) is 23.0. The first-order valence-corrected chi connectivity index (χ1v) is 7.11. The molecular weight excluding hydrogens is 230 g/mol. The predicted molar refractivity (Wildman–Crippen MR) is 68.0 cm³/mol. The number of hydrogen-bond donors (Lipinski definition) is 2. The largest absolute Gasteiger partial charge is 0.481 e. The lowest BCUT2D eigenvalue weighted by Crippen LogP contribution is -2.43. The Bertz CT molecular complexity index is 329. The summed E-state index contributed by atoms with van der Waals surface area (Å²) in [6.45, 7) is 2.19. The van der Waals surface area contributed by atoms with Crippen LogP contribution in [0.25, 0.3) is 0 Å². The van der Waals surface area contributed by atoms with Crippen molar-refractivity contribution in [3.8, 4) is 0 Å². The summed E-state index contributed by atoms with van der Waals surface area (Å²) < 4.78 is 0. The molecule has 18 heavy (non-hydrogen) atoms. The number of nitrogens with one attached hydrogen (secondary N) is 1. The second-order valence-electron chi connectivity index (χ2n) is 5.92. The maximum absolute atomic E-state index is 12.1. The lowest BCUT2D eigenvalue weighted by Gasteiger charge is -2.30. The number of aliphatic carboxylic acids is 1. The summed E-state index contributed by atoms with van der Waals surface area (Å²) in [5, 5.41) is 12.1. The first-order valence-electron chi connectivity index (χ1n) is 7.11. The quantitative estimate of drug-likeness (QED) is 0.810. The minimum Gasteiger partial charge on any atom is -0.481 e. The molecule has 4 atom stereocenters. The Balaban J connectivity index is 1.83. The Kier molecular flexibility index (Phi) is 4.25. The lowest BCUT2D eigenvalue weighted by molar-refractivity contribution is -0.141. The third kappa shape index (κ3) is 3.03. The van der Waals surface area contributed by atoms with Crippen molar-refractivity contribution < 1.29 is 14.7 Å². The molecule has 4 heteroatoms. The summed E-state index contributed by atoms with van der Waals surface area (Å²) in [7, 11) is 0. The maximum atomic E-state index is 12.1. The zero-order valence-corrected chi connectivity index (χ0v) is 11.0. The van der Waals surface area contributed by atoms with E-state index in [4.69, 9.17) is 5.11 Å². The highest BCUT2D eigenvalue weighted by Crippen LogP contribution is 2.32. The van der Waals surface area contributed by atoms with Gasteiger partial charge in [-0.05, 0) is 38.0 Å². The van der Waals surface area contributed by atoms with Crippen molar-refractivity contribution in [2.24, 2.45) is 17.8 Å². The van der Waals surface area contributed by atoms with E-state index in [-0.39, 0.29) is 17.7 Å². The van der Waals surface area contributed by atoms with Gasteiger partial charge in [-0.1, -0.05) is 19.8 Å². The number of carbonyl (C=O) groups excluding carboxylic acids is 1. The summed E-state index contributed by atoms with van der Waals surface area (Å²) in [5.74, 6) is -0.516. The van der Waals surface area contributed by atoms with Gasteiger partial charge in [0, 0.05) is 12.0 Å². The van der Waals surface area contributed by atoms with E-state index in [9.17, 15) is 9.59 Å². The van der Waals surface area contributed by atoms with Crippen molar-refractivity contribution in [3.63, 3.8) is 0 Å². The number of rotatable bonds is 3. The van der Waals surface area contributed by atoms with Crippen molar-refractivity contribution in [2.75, 3.05) is 0 Å². The van der Waals surface area contributed by atoms with Crippen LogP contribution >= 0.6 is 0 Å². The summed E-state index contributed by atoms with van der Waals surface area (Å²) in [6, 6.07) is 0.301. The topological polar surface area (TPSA) is 66.4 Å². The fraction of sp³-hybridized carbons (Fsp3) is 0.857. The van der Waals surface area contributed by atoms with Crippen LogP contribution in [-0.4, -0.2) is 23.0 Å². The Morgan fingerprint density at radius 1 is 1.06 bits per heavy atom. The Labute approximate surface area is 108 Å². The van der Waals surface area contributed by atoms with E-state index >= 15 is 0 Å². The van der Waals surface area contributed by atoms with Crippen LogP contribution in [0.15, 0.2) is 0 Å². The van der Waals surface area contributed by atoms with Gasteiger partial charge in [0.1, 0.15) is 0 Å². The molecule has 2 saturated carbocycles. The monoisotopic (exact) mass is 253 g/mol. The summed E-state index contributed by atoms with van der Waals surface area (Å²) >= 11 is 0. The molecule has 2 N–H and O–H groups in total. The summed E-state index contributed by atoms with van der Waals surface area (Å²) in [6.07, 6.45) is 6.60. The highest BCUT2D eigenvalue weighted by atomic mass is 16.4. The number of hydrogen-bond acceptors (Lipinski definition) is 2. The molecule has 2 aliphatic carbocycles. The SMILES string of the molecule is CC1CCCCC1NC(=O)[C@@H]1CC[C@H](C(=O)O)C1. The van der Waals surface area contributed by atoms with Gasteiger partial charge in [-0.15, -0.1) is 0 Å². The van der Waals surface area contributed by atoms with E-state index in [0.717, 1.165) is 12.8 Å². The van der Waals surface area contributed by atoms with Crippen molar-refractivity contribution >= 4 is 11.9 Å². The molecule has 0 saturated heterocycles. The zero-order valence-electron chi connectivity index (χ0n) is 11.0. The number of carboxylic acid groups (broad SMARTS) is 1. The molecule has 0 aliphatic heterocycles. The number of amides is 1. The van der Waals surface area contributed by atoms with E-state index in [1.54, 1.807) is 0 Å². The van der Waals surface area contributed by atoms with Crippen LogP contribution in [0.2, 0.25) is 0 Å². The molecule has 2 rings (SSSR count). The minimum atomic E-state index is -0.753. The zero-order chi connectivity index (χ0) is 13.1. The van der Waals surface area contributed by atoms with Crippen molar-refractivity contribution in [1.29, 1.82) is 0 Å². The van der Waals surface area contributed by atoms with Gasteiger partial charge in [-0.25, -0.2) is 0 Å². The smallest absolute Gasteiger partial charge is 0.306 e. The van der Waals surface area contributed by atoms with Crippen LogP contribution in [-0.2, 0) is 9.59 Å². The second-order valence-corrected chi connectivity index (χ2v) is 5.92. The fourth-order valence-corrected chi connectivity index (χ4v) is 3.28. The molecule has 0 spiro atoms. The molecule has 0 aromatic carbocycles. The van der Waals surface area contributed by atoms with Crippen LogP contribution in [0.5, 0.6) is 0 Å². The van der Waals surface area contributed by atoms with E-state index in [0.29, 0.717) is 24.8 Å². The molecule has 0 aromatic heterocycles. The molecule has 4 nitrogen and oxygen atoms in total. The van der Waals surface area contributed by atoms with Crippen LogP contribution in [0.3, 0.4) is 0 Å². The minimum absolute atomic E-state index is 0.0810. The Morgan fingerprint density at radius 2 is 1.72 bits per heavy atom. The average Bonchev–Trinajstić information content (AvgIpc) is 2.81. The van der Waals surface area contributed by atoms with Crippen LogP contribution in [0, 0.1) is 17.8 Å². The van der Waals surface area contributed by atoms with Gasteiger partial charge in [0.25, 0.3) is 0 Å². The normalized spacial score (nSPS) is 36.3. The second kappa shape index (κ2) is 5.72. The molecule has 2 fully saturated rings. The van der Waals surface area contributed by atoms with Gasteiger partial charge in [0.05, 0.1) is 5.92 Å². The van der Waals surface area contributed by atoms with Crippen LogP contribution < -0.4 is 5.32 Å². The molecule has 0 aromatic rings. The molecule has 0 bridgehead atoms. The molecule has 0 heterocycles. The molecule has 102 valence electrons. The number of carboxylic acids is 1. The molecular formula is C14H23NO3. The van der Waals surface area contributed by atoms with Gasteiger partial charge in [0.2, 0.25) is 5.91 Å². The highest BCUT2D eigenvalue weighted by Gasteiger charge is 2.35. The standard InChI is InChI=1S/C14H23NO3/c1-9-4-2-3-5-12(9)15-13(16)10-6-7-11(8-10)14(17)18/h9-12H,2-8H2,1H3,(H,15,16)(H,17,18)/t9?,10-,11+,12?/m1/s1. The van der Waals surface area contributed by atoms with E-state index < -0.39 is 5.97 Å². The average molecular weight is 253 g/mol.